The summed E-state index contributed by atoms with van der Waals surface area (Å²) < 4.78 is 57.9. The lowest BCUT2D eigenvalue weighted by atomic mass is 9.98. The number of hydrogen-bond donors (Lipinski definition) is 0. The number of hydrogen-bond acceptors (Lipinski definition) is 5. The highest BCUT2D eigenvalue weighted by molar-refractivity contribution is 7.13. The van der Waals surface area contributed by atoms with Crippen LogP contribution in [0, 0.1) is 0 Å². The molecule has 1 aliphatic rings. The summed E-state index contributed by atoms with van der Waals surface area (Å²) in [4.78, 5) is 13.8. The molecule has 0 aromatic carbocycles. The van der Waals surface area contributed by atoms with Crippen LogP contribution < -0.4 is 0 Å². The minimum atomic E-state index is -4.72. The number of morpholine rings is 1. The van der Waals surface area contributed by atoms with E-state index in [9.17, 15) is 18.0 Å². The van der Waals surface area contributed by atoms with Gasteiger partial charge in [-0.1, -0.05) is 6.58 Å². The van der Waals surface area contributed by atoms with Crippen molar-refractivity contribution in [2.75, 3.05) is 26.3 Å². The maximum absolute atomic E-state index is 14.1. The van der Waals surface area contributed by atoms with E-state index in [-0.39, 0.29) is 18.0 Å². The molecule has 0 spiro atoms. The molecule has 1 fully saturated rings. The van der Waals surface area contributed by atoms with Gasteiger partial charge in [0.2, 0.25) is 5.60 Å². The summed E-state index contributed by atoms with van der Waals surface area (Å²) >= 11 is 0.892. The third-order valence-corrected chi connectivity index (χ3v) is 5.10. The fourth-order valence-corrected chi connectivity index (χ4v) is 3.70. The first kappa shape index (κ1) is 21.6. The Bertz CT molecular complexity index is 696. The fourth-order valence-electron chi connectivity index (χ4n) is 2.62. The predicted octanol–water partition coefficient (Wildman–Crippen LogP) is 4.78. The van der Waals surface area contributed by atoms with Crippen molar-refractivity contribution in [2.24, 2.45) is 0 Å². The highest BCUT2D eigenvalue weighted by Gasteiger charge is 2.61. The Kier molecular flexibility index (Phi) is 6.16. The molecule has 152 valence electrons. The third kappa shape index (κ3) is 4.76. The summed E-state index contributed by atoms with van der Waals surface area (Å²) in [6.45, 7) is 9.93. The number of carbonyl (C=O) groups excluding carboxylic acids is 1. The molecule has 1 aliphatic heterocycles. The lowest BCUT2D eigenvalue weighted by molar-refractivity contribution is -0.299. The molecule has 27 heavy (non-hydrogen) atoms. The Balaban J connectivity index is 2.34. The van der Waals surface area contributed by atoms with Gasteiger partial charge < -0.3 is 19.1 Å². The largest absolute Gasteiger partial charge is 0.493 e. The predicted molar refractivity (Wildman–Crippen MR) is 96.5 cm³/mol. The van der Waals surface area contributed by atoms with Crippen LogP contribution in [0.4, 0.5) is 18.0 Å². The molecule has 9 heteroatoms. The highest BCUT2D eigenvalue weighted by atomic mass is 32.1. The number of thiophene rings is 1. The SMILES string of the molecule is C=C(OCC)c1ccc(C2(C(F)(F)F)CN(C(=O)OC(C)(C)C)CCO2)s1. The Hall–Kier alpha value is -1.74. The minimum absolute atomic E-state index is 0.0244. The van der Waals surface area contributed by atoms with Gasteiger partial charge in [0.05, 0.1) is 24.6 Å². The van der Waals surface area contributed by atoms with Gasteiger partial charge >= 0.3 is 12.3 Å². The quantitative estimate of drug-likeness (QED) is 0.674. The van der Waals surface area contributed by atoms with Crippen LogP contribution in [0.1, 0.15) is 37.4 Å². The molecule has 1 saturated heterocycles. The molecule has 1 aromatic heterocycles. The van der Waals surface area contributed by atoms with Crippen molar-refractivity contribution >= 4 is 23.2 Å². The lowest BCUT2D eigenvalue weighted by Gasteiger charge is -2.43. The van der Waals surface area contributed by atoms with Crippen molar-refractivity contribution < 1.29 is 32.2 Å². The van der Waals surface area contributed by atoms with E-state index in [0.29, 0.717) is 17.2 Å². The zero-order chi connectivity index (χ0) is 20.5. The lowest BCUT2D eigenvalue weighted by Crippen LogP contribution is -2.59. The number of rotatable bonds is 4. The first-order chi connectivity index (χ1) is 12.4. The normalized spacial score (nSPS) is 21.1. The zero-order valence-electron chi connectivity index (χ0n) is 15.8. The van der Waals surface area contributed by atoms with Crippen molar-refractivity contribution in [3.8, 4) is 0 Å². The standard InChI is InChI=1S/C18H24F3NO4S/c1-6-24-12(2)13-7-8-14(27-13)17(18(19,20)21)11-22(9-10-25-17)15(23)26-16(3,4)5/h7-8H,2,6,9-11H2,1,3-5H3. The molecule has 2 rings (SSSR count). The van der Waals surface area contributed by atoms with Crippen LogP contribution >= 0.6 is 11.3 Å². The van der Waals surface area contributed by atoms with Crippen LogP contribution in [0.5, 0.6) is 0 Å². The molecule has 0 radical (unpaired) electrons. The molecular formula is C18H24F3NO4S. The molecule has 2 heterocycles. The van der Waals surface area contributed by atoms with Gasteiger partial charge in [0, 0.05) is 11.4 Å². The third-order valence-electron chi connectivity index (χ3n) is 3.83. The molecule has 0 bridgehead atoms. The second-order valence-electron chi connectivity index (χ2n) is 7.10. The van der Waals surface area contributed by atoms with Gasteiger partial charge in [-0.05, 0) is 39.8 Å². The molecule has 1 aromatic rings. The van der Waals surface area contributed by atoms with E-state index in [1.54, 1.807) is 27.7 Å². The minimum Gasteiger partial charge on any atom is -0.493 e. The maximum Gasteiger partial charge on any atom is 0.424 e. The highest BCUT2D eigenvalue weighted by Crippen LogP contribution is 2.47. The number of carbonyl (C=O) groups is 1. The summed E-state index contributed by atoms with van der Waals surface area (Å²) in [5, 5.41) is 0. The molecule has 5 nitrogen and oxygen atoms in total. The van der Waals surface area contributed by atoms with E-state index in [2.05, 4.69) is 6.58 Å². The molecule has 0 saturated carbocycles. The van der Waals surface area contributed by atoms with E-state index in [1.165, 1.54) is 12.1 Å². The summed E-state index contributed by atoms with van der Waals surface area (Å²) in [6.07, 6.45) is -5.52. The van der Waals surface area contributed by atoms with Crippen LogP contribution in [-0.4, -0.2) is 49.1 Å². The molecule has 1 unspecified atom stereocenters. The van der Waals surface area contributed by atoms with Gasteiger partial charge in [-0.15, -0.1) is 11.3 Å². The van der Waals surface area contributed by atoms with Crippen molar-refractivity contribution in [3.63, 3.8) is 0 Å². The van der Waals surface area contributed by atoms with Crippen molar-refractivity contribution in [2.45, 2.75) is 45.1 Å². The van der Waals surface area contributed by atoms with Crippen molar-refractivity contribution in [1.29, 1.82) is 0 Å². The smallest absolute Gasteiger partial charge is 0.424 e. The summed E-state index contributed by atoms with van der Waals surface area (Å²) in [7, 11) is 0. The monoisotopic (exact) mass is 407 g/mol. The number of halogens is 3. The van der Waals surface area contributed by atoms with Crippen LogP contribution in [0.15, 0.2) is 18.7 Å². The Morgan fingerprint density at radius 3 is 2.59 bits per heavy atom. The summed E-state index contributed by atoms with van der Waals surface area (Å²) in [6, 6.07) is 2.86. The molecule has 0 aliphatic carbocycles. The number of amides is 1. The fraction of sp³-hybridized carbons (Fsp3) is 0.611. The molecule has 1 amide bonds. The van der Waals surface area contributed by atoms with Gasteiger partial charge in [-0.25, -0.2) is 4.79 Å². The van der Waals surface area contributed by atoms with Gasteiger partial charge in [0.25, 0.3) is 0 Å². The topological polar surface area (TPSA) is 48.0 Å². The van der Waals surface area contributed by atoms with E-state index in [0.717, 1.165) is 16.2 Å². The number of nitrogens with zero attached hydrogens (tertiary/aromatic N) is 1. The van der Waals surface area contributed by atoms with E-state index < -0.39 is 30.0 Å². The van der Waals surface area contributed by atoms with Gasteiger partial charge in [0.1, 0.15) is 11.4 Å². The van der Waals surface area contributed by atoms with Gasteiger partial charge in [-0.2, -0.15) is 13.2 Å². The summed E-state index contributed by atoms with van der Waals surface area (Å²) in [5.74, 6) is 0.297. The molecule has 0 N–H and O–H groups in total. The van der Waals surface area contributed by atoms with Crippen LogP contribution in [0.25, 0.3) is 5.76 Å². The van der Waals surface area contributed by atoms with Gasteiger partial charge in [0.15, 0.2) is 0 Å². The Morgan fingerprint density at radius 2 is 2.04 bits per heavy atom. The van der Waals surface area contributed by atoms with E-state index in [4.69, 9.17) is 14.2 Å². The van der Waals surface area contributed by atoms with Crippen molar-refractivity contribution in [1.82, 2.24) is 4.90 Å². The Morgan fingerprint density at radius 1 is 1.37 bits per heavy atom. The van der Waals surface area contributed by atoms with E-state index in [1.807, 2.05) is 0 Å². The first-order valence-corrected chi connectivity index (χ1v) is 9.32. The van der Waals surface area contributed by atoms with Crippen LogP contribution in [0.2, 0.25) is 0 Å². The first-order valence-electron chi connectivity index (χ1n) is 8.50. The zero-order valence-corrected chi connectivity index (χ0v) is 16.6. The average Bonchev–Trinajstić information content (AvgIpc) is 3.03. The molecule has 1 atom stereocenters. The molecular weight excluding hydrogens is 383 g/mol. The van der Waals surface area contributed by atoms with Gasteiger partial charge in [-0.3, -0.25) is 0 Å². The number of alkyl halides is 3. The van der Waals surface area contributed by atoms with Crippen LogP contribution in [-0.2, 0) is 19.8 Å². The average molecular weight is 407 g/mol. The van der Waals surface area contributed by atoms with Crippen LogP contribution in [0.3, 0.4) is 0 Å². The number of ether oxygens (including phenoxy) is 3. The Labute approximate surface area is 160 Å². The van der Waals surface area contributed by atoms with E-state index >= 15 is 0 Å². The second kappa shape index (κ2) is 7.71. The van der Waals surface area contributed by atoms with Crippen molar-refractivity contribution in [3.05, 3.63) is 28.5 Å². The second-order valence-corrected chi connectivity index (χ2v) is 8.18. The maximum atomic E-state index is 14.1. The summed E-state index contributed by atoms with van der Waals surface area (Å²) in [5.41, 5.74) is -3.42.